The third kappa shape index (κ3) is 11.3. The zero-order chi connectivity index (χ0) is 34.1. The predicted molar refractivity (Wildman–Crippen MR) is 180 cm³/mol. The van der Waals surface area contributed by atoms with Crippen LogP contribution in [0.3, 0.4) is 0 Å². The first-order chi connectivity index (χ1) is 23.4. The third-order valence-electron chi connectivity index (χ3n) is 8.33. The van der Waals surface area contributed by atoms with Crippen molar-refractivity contribution in [2.24, 2.45) is 0 Å². The second kappa shape index (κ2) is 19.7. The van der Waals surface area contributed by atoms with Crippen LogP contribution in [0.15, 0.2) is 66.9 Å². The molecule has 0 saturated carbocycles. The second-order valence-electron chi connectivity index (χ2n) is 12.3. The first-order valence-electron chi connectivity index (χ1n) is 17.3. The van der Waals surface area contributed by atoms with Gasteiger partial charge in [-0.25, -0.2) is 4.68 Å². The number of carbonyl (C=O) groups excluding carboxylic acids is 3. The maximum absolute atomic E-state index is 13.8. The summed E-state index contributed by atoms with van der Waals surface area (Å²) in [6, 6.07) is 18.9. The lowest BCUT2D eigenvalue weighted by Gasteiger charge is -2.27. The fourth-order valence-electron chi connectivity index (χ4n) is 5.91. The van der Waals surface area contributed by atoms with Crippen LogP contribution in [-0.4, -0.2) is 63.8 Å². The van der Waals surface area contributed by atoms with Crippen molar-refractivity contribution < 1.29 is 33.3 Å². The number of amides is 1. The molecule has 2 heterocycles. The maximum atomic E-state index is 13.8. The van der Waals surface area contributed by atoms with Gasteiger partial charge in [-0.15, -0.1) is 5.10 Å². The van der Waals surface area contributed by atoms with Gasteiger partial charge in [-0.2, -0.15) is 0 Å². The van der Waals surface area contributed by atoms with Gasteiger partial charge in [0.1, 0.15) is 11.8 Å². The van der Waals surface area contributed by atoms with Crippen LogP contribution in [0.5, 0.6) is 0 Å². The van der Waals surface area contributed by atoms with Gasteiger partial charge in [0, 0.05) is 26.0 Å². The summed E-state index contributed by atoms with van der Waals surface area (Å²) in [6.45, 7) is 5.31. The summed E-state index contributed by atoms with van der Waals surface area (Å²) in [5.41, 5.74) is 2.25. The van der Waals surface area contributed by atoms with Crippen molar-refractivity contribution in [2.75, 3.05) is 6.54 Å². The summed E-state index contributed by atoms with van der Waals surface area (Å²) < 4.78 is 25.5. The van der Waals surface area contributed by atoms with Gasteiger partial charge in [-0.3, -0.25) is 14.4 Å². The number of hydrogen-bond donors (Lipinski definition) is 1. The van der Waals surface area contributed by atoms with E-state index >= 15 is 0 Å². The zero-order valence-corrected chi connectivity index (χ0v) is 28.4. The van der Waals surface area contributed by atoms with E-state index in [1.54, 1.807) is 6.20 Å². The number of esters is 2. The molecule has 11 nitrogen and oxygen atoms in total. The molecular formula is C37H50N4O7. The van der Waals surface area contributed by atoms with Gasteiger partial charge < -0.3 is 24.3 Å². The number of benzene rings is 2. The Morgan fingerprint density at radius 1 is 0.812 bits per heavy atom. The molecule has 1 aliphatic rings. The lowest BCUT2D eigenvalue weighted by molar-refractivity contribution is -0.169. The summed E-state index contributed by atoms with van der Waals surface area (Å²) in [5, 5.41) is 11.5. The smallest absolute Gasteiger partial charge is 0.303 e. The lowest BCUT2D eigenvalue weighted by Crippen LogP contribution is -2.50. The van der Waals surface area contributed by atoms with Gasteiger partial charge in [0.25, 0.3) is 5.91 Å². The van der Waals surface area contributed by atoms with Crippen molar-refractivity contribution in [1.82, 2.24) is 20.3 Å². The Kier molecular flexibility index (Phi) is 15.1. The van der Waals surface area contributed by atoms with Gasteiger partial charge in [0.05, 0.1) is 12.8 Å². The van der Waals surface area contributed by atoms with E-state index in [0.29, 0.717) is 12.2 Å². The molecule has 1 saturated heterocycles. The van der Waals surface area contributed by atoms with Crippen molar-refractivity contribution in [3.05, 3.63) is 72.4 Å². The van der Waals surface area contributed by atoms with Crippen LogP contribution in [0.4, 0.5) is 0 Å². The van der Waals surface area contributed by atoms with Crippen LogP contribution < -0.4 is 5.32 Å². The topological polar surface area (TPSA) is 131 Å². The number of ether oxygens (including phenoxy) is 4. The van der Waals surface area contributed by atoms with Gasteiger partial charge in [-0.05, 0) is 12.0 Å². The summed E-state index contributed by atoms with van der Waals surface area (Å²) in [5.74, 6) is -1.64. The molecule has 3 aromatic rings. The van der Waals surface area contributed by atoms with Crippen molar-refractivity contribution in [3.8, 4) is 11.3 Å². The molecule has 2 aromatic carbocycles. The van der Waals surface area contributed by atoms with Gasteiger partial charge in [-0.1, -0.05) is 131 Å². The standard InChI is InChI=1S/C37H50N4O7/c1-4-5-6-7-8-9-10-11-12-19-24-38-36(44)34(45-26-29-20-15-13-16-21-29)32-33(46-27(2)42)35(47-28(3)43)37(48-32)41-25-31(39-40-41)30-22-17-14-18-23-30/h13-18,20-23,25,32-35,37H,4-12,19,24,26H2,1-3H3,(H,38,44)/t32-,33-,34-,35+,37?/m0/s1. The number of unbranched alkanes of at least 4 members (excludes halogenated alkanes) is 9. The van der Waals surface area contributed by atoms with E-state index in [0.717, 1.165) is 30.4 Å². The molecule has 0 radical (unpaired) electrons. The van der Waals surface area contributed by atoms with Crippen LogP contribution in [0.25, 0.3) is 11.3 Å². The Morgan fingerprint density at radius 2 is 1.40 bits per heavy atom. The van der Waals surface area contributed by atoms with E-state index in [2.05, 4.69) is 22.6 Å². The van der Waals surface area contributed by atoms with Crippen LogP contribution in [-0.2, 0) is 39.9 Å². The Balaban J connectivity index is 1.49. The molecular weight excluding hydrogens is 612 g/mol. The average Bonchev–Trinajstić information content (AvgIpc) is 3.70. The molecule has 1 unspecified atom stereocenters. The predicted octanol–water partition coefficient (Wildman–Crippen LogP) is 6.33. The van der Waals surface area contributed by atoms with Crippen molar-refractivity contribution in [3.63, 3.8) is 0 Å². The van der Waals surface area contributed by atoms with Crippen molar-refractivity contribution in [2.45, 2.75) is 122 Å². The molecule has 0 spiro atoms. The van der Waals surface area contributed by atoms with Crippen LogP contribution >= 0.6 is 0 Å². The average molecular weight is 663 g/mol. The Bertz CT molecular complexity index is 1400. The van der Waals surface area contributed by atoms with E-state index in [4.69, 9.17) is 18.9 Å². The summed E-state index contributed by atoms with van der Waals surface area (Å²) in [4.78, 5) is 38.5. The number of hydrogen-bond acceptors (Lipinski definition) is 9. The molecule has 1 fully saturated rings. The van der Waals surface area contributed by atoms with Gasteiger partial charge >= 0.3 is 11.9 Å². The highest BCUT2D eigenvalue weighted by molar-refractivity contribution is 5.81. The van der Waals surface area contributed by atoms with Crippen LogP contribution in [0.2, 0.25) is 0 Å². The summed E-state index contributed by atoms with van der Waals surface area (Å²) >= 11 is 0. The maximum Gasteiger partial charge on any atom is 0.303 e. The normalized spacial score (nSPS) is 19.5. The molecule has 4 rings (SSSR count). The van der Waals surface area contributed by atoms with E-state index in [1.807, 2.05) is 60.7 Å². The summed E-state index contributed by atoms with van der Waals surface area (Å²) in [6.07, 6.45) is 7.85. The fourth-order valence-corrected chi connectivity index (χ4v) is 5.91. The molecule has 1 aromatic heterocycles. The van der Waals surface area contributed by atoms with Crippen LogP contribution in [0, 0.1) is 0 Å². The highest BCUT2D eigenvalue weighted by Crippen LogP contribution is 2.37. The SMILES string of the molecule is CCCCCCCCCCCCNC(=O)[C@@H](OCc1ccccc1)[C@H]1OC(n2cc(-c3ccccc3)nn2)[C@H](OC(C)=O)[C@H]1OC(C)=O. The molecule has 0 aliphatic carbocycles. The minimum Gasteiger partial charge on any atom is -0.455 e. The molecule has 0 bridgehead atoms. The minimum absolute atomic E-state index is 0.105. The van der Waals surface area contributed by atoms with E-state index in [1.165, 1.54) is 63.5 Å². The number of aromatic nitrogens is 3. The Labute approximate surface area is 283 Å². The fraction of sp³-hybridized carbons (Fsp3) is 0.541. The number of rotatable bonds is 20. The van der Waals surface area contributed by atoms with Gasteiger partial charge in [0.2, 0.25) is 0 Å². The lowest BCUT2D eigenvalue weighted by atomic mass is 10.0. The molecule has 48 heavy (non-hydrogen) atoms. The first-order valence-corrected chi connectivity index (χ1v) is 17.3. The highest BCUT2D eigenvalue weighted by atomic mass is 16.7. The van der Waals surface area contributed by atoms with Crippen molar-refractivity contribution in [1.29, 1.82) is 0 Å². The third-order valence-corrected chi connectivity index (χ3v) is 8.33. The minimum atomic E-state index is -1.20. The summed E-state index contributed by atoms with van der Waals surface area (Å²) in [7, 11) is 0. The molecule has 1 aliphatic heterocycles. The Hall–Kier alpha value is -4.09. The molecule has 5 atom stereocenters. The largest absolute Gasteiger partial charge is 0.455 e. The highest BCUT2D eigenvalue weighted by Gasteiger charge is 2.55. The zero-order valence-electron chi connectivity index (χ0n) is 28.4. The second-order valence-corrected chi connectivity index (χ2v) is 12.3. The van der Waals surface area contributed by atoms with Gasteiger partial charge in [0.15, 0.2) is 24.5 Å². The molecule has 260 valence electrons. The van der Waals surface area contributed by atoms with Crippen LogP contribution in [0.1, 0.15) is 96.8 Å². The van der Waals surface area contributed by atoms with Crippen molar-refractivity contribution >= 4 is 17.8 Å². The van der Waals surface area contributed by atoms with E-state index in [9.17, 15) is 14.4 Å². The van der Waals surface area contributed by atoms with E-state index < -0.39 is 48.5 Å². The molecule has 11 heteroatoms. The molecule has 1 N–H and O–H groups in total. The Morgan fingerprint density at radius 3 is 2.02 bits per heavy atom. The number of nitrogens with one attached hydrogen (secondary N) is 1. The number of carbonyl (C=O) groups is 3. The van der Waals surface area contributed by atoms with E-state index in [-0.39, 0.29) is 6.61 Å². The number of nitrogens with zero attached hydrogens (tertiary/aromatic N) is 3. The molecule has 1 amide bonds. The quantitative estimate of drug-likeness (QED) is 0.109. The first kappa shape index (κ1) is 36.7. The monoisotopic (exact) mass is 662 g/mol.